The van der Waals surface area contributed by atoms with E-state index in [9.17, 15) is 8.78 Å². The number of fused-ring (bicyclic) bond motifs is 1. The molecular formula is C21H26F2N2. The summed E-state index contributed by atoms with van der Waals surface area (Å²) in [5.41, 5.74) is 5.34. The lowest BCUT2D eigenvalue weighted by atomic mass is 9.94. The monoisotopic (exact) mass is 344 g/mol. The quantitative estimate of drug-likeness (QED) is 0.576. The zero-order chi connectivity index (χ0) is 18.2. The molecule has 1 aromatic heterocycles. The minimum atomic E-state index is -2.94. The minimum absolute atomic E-state index is 0.0663. The van der Waals surface area contributed by atoms with Gasteiger partial charge in [0.2, 0.25) is 0 Å². The summed E-state index contributed by atoms with van der Waals surface area (Å²) in [7, 11) is 0. The highest BCUT2D eigenvalue weighted by molar-refractivity contribution is 5.56. The van der Waals surface area contributed by atoms with E-state index in [0.717, 1.165) is 19.3 Å². The number of hydrogen-bond acceptors (Lipinski definition) is 1. The summed E-state index contributed by atoms with van der Waals surface area (Å²) in [5, 5.41) is 4.12. The summed E-state index contributed by atoms with van der Waals surface area (Å²) in [6.07, 6.45) is 12.8. The van der Waals surface area contributed by atoms with Gasteiger partial charge in [-0.05, 0) is 67.7 Å². The molecule has 25 heavy (non-hydrogen) atoms. The lowest BCUT2D eigenvalue weighted by Crippen LogP contribution is -2.16. The average molecular weight is 344 g/mol. The Labute approximate surface area is 148 Å². The predicted molar refractivity (Wildman–Crippen MR) is 98.4 cm³/mol. The fourth-order valence-electron chi connectivity index (χ4n) is 3.79. The van der Waals surface area contributed by atoms with E-state index in [2.05, 4.69) is 24.7 Å². The Morgan fingerprint density at radius 3 is 2.92 bits per heavy atom. The first-order chi connectivity index (χ1) is 11.8. The molecule has 3 rings (SSSR count). The molecule has 2 aliphatic rings. The van der Waals surface area contributed by atoms with Gasteiger partial charge in [0.15, 0.2) is 0 Å². The summed E-state index contributed by atoms with van der Waals surface area (Å²) in [6.45, 7) is 8.81. The highest BCUT2D eigenvalue weighted by Crippen LogP contribution is 2.50. The molecule has 1 saturated carbocycles. The summed E-state index contributed by atoms with van der Waals surface area (Å²) < 4.78 is 29.2. The van der Waals surface area contributed by atoms with Gasteiger partial charge in [0.25, 0.3) is 5.92 Å². The zero-order valence-electron chi connectivity index (χ0n) is 15.3. The first-order valence-corrected chi connectivity index (χ1v) is 9.04. The molecule has 0 spiro atoms. The van der Waals surface area contributed by atoms with Crippen molar-refractivity contribution in [1.82, 2.24) is 9.78 Å². The van der Waals surface area contributed by atoms with Crippen molar-refractivity contribution < 1.29 is 8.78 Å². The molecule has 0 aliphatic heterocycles. The molecule has 1 unspecified atom stereocenters. The zero-order valence-corrected chi connectivity index (χ0v) is 15.3. The number of rotatable bonds is 6. The maximum atomic E-state index is 14.0. The third-order valence-electron chi connectivity index (χ3n) is 5.19. The summed E-state index contributed by atoms with van der Waals surface area (Å²) in [6, 6.07) is 0. The Kier molecular flexibility index (Phi) is 4.81. The molecule has 0 bridgehead atoms. The van der Waals surface area contributed by atoms with Crippen molar-refractivity contribution >= 4 is 5.70 Å². The van der Waals surface area contributed by atoms with E-state index in [1.165, 1.54) is 41.3 Å². The van der Waals surface area contributed by atoms with Crippen LogP contribution in [0, 0.1) is 5.92 Å². The molecule has 2 aliphatic carbocycles. The van der Waals surface area contributed by atoms with Gasteiger partial charge >= 0.3 is 0 Å². The molecule has 0 saturated heterocycles. The van der Waals surface area contributed by atoms with Gasteiger partial charge in [-0.1, -0.05) is 31.2 Å². The maximum absolute atomic E-state index is 14.0. The van der Waals surface area contributed by atoms with E-state index < -0.39 is 5.92 Å². The Morgan fingerprint density at radius 1 is 1.48 bits per heavy atom. The van der Waals surface area contributed by atoms with Crippen LogP contribution in [0.2, 0.25) is 0 Å². The van der Waals surface area contributed by atoms with Gasteiger partial charge in [0, 0.05) is 6.92 Å². The third kappa shape index (κ3) is 3.68. The Balaban J connectivity index is 1.78. The molecule has 1 atom stereocenters. The highest BCUT2D eigenvalue weighted by atomic mass is 19.3. The van der Waals surface area contributed by atoms with Crippen LogP contribution >= 0.6 is 0 Å². The Morgan fingerprint density at radius 2 is 2.24 bits per heavy atom. The van der Waals surface area contributed by atoms with Crippen LogP contribution in [0.5, 0.6) is 0 Å². The van der Waals surface area contributed by atoms with Crippen LogP contribution in [-0.2, 0) is 12.3 Å². The number of allylic oxidation sites excluding steroid dienone is 7. The van der Waals surface area contributed by atoms with Crippen molar-refractivity contribution in [2.75, 3.05) is 0 Å². The number of hydrogen-bond donors (Lipinski definition) is 0. The van der Waals surface area contributed by atoms with Crippen molar-refractivity contribution in [1.29, 1.82) is 0 Å². The normalized spacial score (nSPS) is 21.0. The van der Waals surface area contributed by atoms with Crippen LogP contribution in [0.3, 0.4) is 0 Å². The average Bonchev–Trinajstić information content (AvgIpc) is 3.21. The molecule has 4 heteroatoms. The molecule has 1 aromatic rings. The fraction of sp³-hybridized carbons (Fsp3) is 0.476. The van der Waals surface area contributed by atoms with Gasteiger partial charge in [0.05, 0.1) is 11.9 Å². The number of halogens is 2. The summed E-state index contributed by atoms with van der Waals surface area (Å²) in [4.78, 5) is 0. The molecule has 0 aromatic carbocycles. The minimum Gasteiger partial charge on any atom is -0.232 e. The molecule has 1 fully saturated rings. The topological polar surface area (TPSA) is 17.8 Å². The van der Waals surface area contributed by atoms with Crippen LogP contribution < -0.4 is 0 Å². The van der Waals surface area contributed by atoms with E-state index in [0.29, 0.717) is 17.7 Å². The molecule has 134 valence electrons. The first-order valence-electron chi connectivity index (χ1n) is 9.04. The van der Waals surface area contributed by atoms with E-state index in [1.54, 1.807) is 11.6 Å². The smallest absolute Gasteiger partial charge is 0.232 e. The van der Waals surface area contributed by atoms with Crippen molar-refractivity contribution in [2.45, 2.75) is 58.8 Å². The molecule has 2 nitrogen and oxygen atoms in total. The van der Waals surface area contributed by atoms with E-state index in [1.807, 2.05) is 13.0 Å². The van der Waals surface area contributed by atoms with Gasteiger partial charge < -0.3 is 0 Å². The fourth-order valence-corrected chi connectivity index (χ4v) is 3.79. The molecule has 1 heterocycles. The van der Waals surface area contributed by atoms with Gasteiger partial charge in [-0.15, -0.1) is 0 Å². The van der Waals surface area contributed by atoms with E-state index >= 15 is 0 Å². The number of alkyl halides is 2. The van der Waals surface area contributed by atoms with Crippen molar-refractivity contribution in [3.8, 4) is 0 Å². The van der Waals surface area contributed by atoms with Crippen molar-refractivity contribution in [2.24, 2.45) is 5.92 Å². The number of aryl methyl sites for hydroxylation is 1. The number of aromatic nitrogens is 2. The SMILES string of the molecule is C=C(/C=C\C=C(/C)C1=C2CC2CCC1)n1ncc(CC)c1C(C)(F)F. The van der Waals surface area contributed by atoms with Gasteiger partial charge in [-0.2, -0.15) is 13.9 Å². The lowest BCUT2D eigenvalue weighted by Gasteiger charge is -2.15. The lowest BCUT2D eigenvalue weighted by molar-refractivity contribution is 0.00966. The van der Waals surface area contributed by atoms with Crippen LogP contribution in [-0.4, -0.2) is 9.78 Å². The molecule has 0 radical (unpaired) electrons. The number of nitrogens with zero attached hydrogens (tertiary/aromatic N) is 2. The standard InChI is InChI=1S/C21H26F2N2/c1-5-16-13-24-25(20(16)21(4,22)23)15(3)9-6-8-14(2)18-11-7-10-17-12-19(17)18/h6,8-9,13,17H,3,5,7,10-12H2,1-2,4H3/b9-6-,14-8+. The van der Waals surface area contributed by atoms with Crippen molar-refractivity contribution in [3.05, 3.63) is 59.0 Å². The molecular weight excluding hydrogens is 318 g/mol. The van der Waals surface area contributed by atoms with Crippen LogP contribution in [0.4, 0.5) is 8.78 Å². The molecule has 0 amide bonds. The second-order valence-electron chi connectivity index (χ2n) is 7.17. The van der Waals surface area contributed by atoms with Crippen molar-refractivity contribution in [3.63, 3.8) is 0 Å². The van der Waals surface area contributed by atoms with Crippen LogP contribution in [0.1, 0.15) is 57.7 Å². The highest BCUT2D eigenvalue weighted by Gasteiger charge is 2.35. The van der Waals surface area contributed by atoms with Gasteiger partial charge in [0.1, 0.15) is 5.69 Å². The second kappa shape index (κ2) is 6.74. The van der Waals surface area contributed by atoms with Crippen LogP contribution in [0.25, 0.3) is 5.70 Å². The van der Waals surface area contributed by atoms with Gasteiger partial charge in [-0.25, -0.2) is 4.68 Å². The van der Waals surface area contributed by atoms with E-state index in [4.69, 9.17) is 0 Å². The largest absolute Gasteiger partial charge is 0.287 e. The summed E-state index contributed by atoms with van der Waals surface area (Å²) >= 11 is 0. The summed E-state index contributed by atoms with van der Waals surface area (Å²) in [5.74, 6) is -2.11. The van der Waals surface area contributed by atoms with Crippen LogP contribution in [0.15, 0.2) is 47.7 Å². The van der Waals surface area contributed by atoms with E-state index in [-0.39, 0.29) is 5.69 Å². The maximum Gasteiger partial charge on any atom is 0.287 e. The third-order valence-corrected chi connectivity index (χ3v) is 5.19. The second-order valence-corrected chi connectivity index (χ2v) is 7.17. The first kappa shape index (κ1) is 17.8. The molecule has 0 N–H and O–H groups in total. The predicted octanol–water partition coefficient (Wildman–Crippen LogP) is 6.03. The van der Waals surface area contributed by atoms with Gasteiger partial charge in [-0.3, -0.25) is 0 Å². The Hall–Kier alpha value is -1.97. The Bertz CT molecular complexity index is 772.